The minimum Gasteiger partial charge on any atom is -0.478 e. The van der Waals surface area contributed by atoms with E-state index in [1.807, 2.05) is 0 Å². The summed E-state index contributed by atoms with van der Waals surface area (Å²) in [5, 5.41) is 8.80. The quantitative estimate of drug-likeness (QED) is 0.895. The Bertz CT molecular complexity index is 604. The van der Waals surface area contributed by atoms with Crippen LogP contribution in [0, 0.1) is 6.92 Å². The van der Waals surface area contributed by atoms with Crippen molar-refractivity contribution in [3.8, 4) is 0 Å². The normalized spacial score (nSPS) is 16.9. The van der Waals surface area contributed by atoms with Gasteiger partial charge in [0.05, 0.1) is 16.5 Å². The van der Waals surface area contributed by atoms with Crippen molar-refractivity contribution >= 4 is 21.7 Å². The molecule has 5 nitrogen and oxygen atoms in total. The van der Waals surface area contributed by atoms with E-state index in [1.54, 1.807) is 19.1 Å². The van der Waals surface area contributed by atoms with Gasteiger partial charge in [-0.2, -0.15) is 0 Å². The molecule has 1 aliphatic rings. The van der Waals surface area contributed by atoms with Crippen LogP contribution in [0.3, 0.4) is 0 Å². The molecule has 2 N–H and O–H groups in total. The minimum absolute atomic E-state index is 0.0203. The Hall–Kier alpha value is -1.56. The molecule has 0 saturated heterocycles. The average molecular weight is 297 g/mol. The van der Waals surface area contributed by atoms with Crippen molar-refractivity contribution in [2.24, 2.45) is 0 Å². The summed E-state index contributed by atoms with van der Waals surface area (Å²) >= 11 is 0. The second-order valence-corrected chi connectivity index (χ2v) is 7.17. The minimum atomic E-state index is -3.52. The molecule has 6 heteroatoms. The molecule has 1 aromatic carbocycles. The maximum Gasteiger partial charge on any atom is 0.338 e. The van der Waals surface area contributed by atoms with Crippen LogP contribution in [0.2, 0.25) is 0 Å². The molecular weight excluding hydrogens is 278 g/mol. The van der Waals surface area contributed by atoms with Crippen LogP contribution in [0.4, 0.5) is 5.69 Å². The van der Waals surface area contributed by atoms with Crippen molar-refractivity contribution in [1.82, 2.24) is 0 Å². The maximum absolute atomic E-state index is 12.3. The second-order valence-electron chi connectivity index (χ2n) is 5.21. The van der Waals surface area contributed by atoms with Gasteiger partial charge in [-0.3, -0.25) is 4.72 Å². The van der Waals surface area contributed by atoms with E-state index in [-0.39, 0.29) is 11.3 Å². The number of carboxylic acids is 1. The lowest BCUT2D eigenvalue weighted by atomic mass is 10.0. The van der Waals surface area contributed by atoms with E-state index in [9.17, 15) is 18.3 Å². The number of anilines is 1. The summed E-state index contributed by atoms with van der Waals surface area (Å²) in [5.41, 5.74) is 0.719. The Labute approximate surface area is 119 Å². The van der Waals surface area contributed by atoms with E-state index in [0.29, 0.717) is 18.4 Å². The molecule has 0 aromatic heterocycles. The summed E-state index contributed by atoms with van der Waals surface area (Å²) in [6.07, 6.45) is 4.17. The number of hydrogen-bond acceptors (Lipinski definition) is 3. The summed E-state index contributed by atoms with van der Waals surface area (Å²) < 4.78 is 27.1. The fourth-order valence-electron chi connectivity index (χ4n) is 2.65. The van der Waals surface area contributed by atoms with Crippen LogP contribution < -0.4 is 4.72 Å². The van der Waals surface area contributed by atoms with Gasteiger partial charge < -0.3 is 5.11 Å². The molecule has 1 saturated carbocycles. The Morgan fingerprint density at radius 1 is 1.25 bits per heavy atom. The molecule has 2 rings (SSSR count). The van der Waals surface area contributed by atoms with E-state index in [0.717, 1.165) is 19.3 Å². The van der Waals surface area contributed by atoms with Crippen LogP contribution in [0.1, 0.15) is 48.0 Å². The molecule has 0 heterocycles. The van der Waals surface area contributed by atoms with Crippen LogP contribution in [0.15, 0.2) is 18.2 Å². The molecule has 0 radical (unpaired) electrons. The van der Waals surface area contributed by atoms with Gasteiger partial charge in [0, 0.05) is 0 Å². The van der Waals surface area contributed by atoms with Crippen molar-refractivity contribution < 1.29 is 18.3 Å². The lowest BCUT2D eigenvalue weighted by molar-refractivity contribution is 0.0697. The smallest absolute Gasteiger partial charge is 0.338 e. The van der Waals surface area contributed by atoms with Crippen LogP contribution in [0.25, 0.3) is 0 Å². The number of benzene rings is 1. The lowest BCUT2D eigenvalue weighted by Crippen LogP contribution is -2.30. The third kappa shape index (κ3) is 3.12. The van der Waals surface area contributed by atoms with Gasteiger partial charge in [0.25, 0.3) is 0 Å². The summed E-state index contributed by atoms with van der Waals surface area (Å²) in [6.45, 7) is 1.65. The molecule has 0 spiro atoms. The highest BCUT2D eigenvalue weighted by Crippen LogP contribution is 2.27. The number of carboxylic acid groups (broad SMARTS) is 1. The fraction of sp³-hybridized carbons (Fsp3) is 0.500. The zero-order chi connectivity index (χ0) is 14.8. The van der Waals surface area contributed by atoms with Crippen LogP contribution >= 0.6 is 0 Å². The van der Waals surface area contributed by atoms with Gasteiger partial charge in [-0.25, -0.2) is 13.2 Å². The molecule has 20 heavy (non-hydrogen) atoms. The lowest BCUT2D eigenvalue weighted by Gasteiger charge is -2.23. The predicted octanol–water partition coefficient (Wildman–Crippen LogP) is 2.77. The fourth-order valence-corrected chi connectivity index (χ4v) is 4.25. The summed E-state index contributed by atoms with van der Waals surface area (Å²) in [5.74, 6) is -1.12. The zero-order valence-corrected chi connectivity index (χ0v) is 12.2. The Morgan fingerprint density at radius 2 is 1.90 bits per heavy atom. The molecule has 0 atom stereocenters. The molecule has 0 amide bonds. The van der Waals surface area contributed by atoms with Gasteiger partial charge >= 0.3 is 5.97 Å². The molecule has 0 aliphatic heterocycles. The third-order valence-corrected chi connectivity index (χ3v) is 5.58. The Morgan fingerprint density at radius 3 is 2.50 bits per heavy atom. The summed E-state index contributed by atoms with van der Waals surface area (Å²) in [4.78, 5) is 11.3. The third-order valence-electron chi connectivity index (χ3n) is 3.73. The number of carbonyl (C=O) groups is 1. The van der Waals surface area contributed by atoms with Gasteiger partial charge in [0.15, 0.2) is 0 Å². The number of nitrogens with one attached hydrogen (secondary N) is 1. The van der Waals surface area contributed by atoms with E-state index < -0.39 is 21.2 Å². The van der Waals surface area contributed by atoms with E-state index in [1.165, 1.54) is 6.07 Å². The first kappa shape index (κ1) is 14.8. The highest BCUT2D eigenvalue weighted by atomic mass is 32.2. The first-order valence-corrected chi connectivity index (χ1v) is 8.31. The molecular formula is C14H19NO4S. The van der Waals surface area contributed by atoms with Crippen LogP contribution in [-0.2, 0) is 10.0 Å². The number of aromatic carboxylic acids is 1. The van der Waals surface area contributed by atoms with E-state index in [4.69, 9.17) is 0 Å². The van der Waals surface area contributed by atoms with Gasteiger partial charge in [-0.15, -0.1) is 0 Å². The highest BCUT2D eigenvalue weighted by Gasteiger charge is 2.28. The molecule has 0 bridgehead atoms. The van der Waals surface area contributed by atoms with Crippen molar-refractivity contribution in [2.75, 3.05) is 4.72 Å². The highest BCUT2D eigenvalue weighted by molar-refractivity contribution is 7.93. The summed E-state index contributed by atoms with van der Waals surface area (Å²) in [7, 11) is -3.52. The van der Waals surface area contributed by atoms with Gasteiger partial charge in [0.2, 0.25) is 10.0 Å². The molecule has 0 unspecified atom stereocenters. The predicted molar refractivity (Wildman–Crippen MR) is 77.6 cm³/mol. The van der Waals surface area contributed by atoms with Crippen molar-refractivity contribution in [3.63, 3.8) is 0 Å². The number of hydrogen-bond donors (Lipinski definition) is 2. The topological polar surface area (TPSA) is 83.5 Å². The van der Waals surface area contributed by atoms with E-state index >= 15 is 0 Å². The number of rotatable bonds is 4. The van der Waals surface area contributed by atoms with E-state index in [2.05, 4.69) is 4.72 Å². The van der Waals surface area contributed by atoms with Crippen LogP contribution in [-0.4, -0.2) is 24.7 Å². The SMILES string of the molecule is Cc1cccc(NS(=O)(=O)C2CCCCC2)c1C(=O)O. The van der Waals surface area contributed by atoms with Crippen molar-refractivity contribution in [3.05, 3.63) is 29.3 Å². The molecule has 1 aromatic rings. The Kier molecular flexibility index (Phi) is 4.32. The van der Waals surface area contributed by atoms with Crippen molar-refractivity contribution in [2.45, 2.75) is 44.3 Å². The first-order valence-electron chi connectivity index (χ1n) is 6.76. The van der Waals surface area contributed by atoms with Crippen LogP contribution in [0.5, 0.6) is 0 Å². The van der Waals surface area contributed by atoms with Gasteiger partial charge in [-0.1, -0.05) is 31.4 Å². The van der Waals surface area contributed by atoms with Gasteiger partial charge in [-0.05, 0) is 31.4 Å². The molecule has 1 fully saturated rings. The number of aryl methyl sites for hydroxylation is 1. The standard InChI is InChI=1S/C14H19NO4S/c1-10-6-5-9-12(13(10)14(16)17)15-20(18,19)11-7-3-2-4-8-11/h5-6,9,11,15H,2-4,7-8H2,1H3,(H,16,17). The first-order chi connectivity index (χ1) is 9.42. The molecule has 110 valence electrons. The van der Waals surface area contributed by atoms with Gasteiger partial charge in [0.1, 0.15) is 0 Å². The monoisotopic (exact) mass is 297 g/mol. The van der Waals surface area contributed by atoms with Crippen molar-refractivity contribution in [1.29, 1.82) is 0 Å². The zero-order valence-electron chi connectivity index (χ0n) is 11.4. The average Bonchev–Trinajstić information content (AvgIpc) is 2.39. The largest absolute Gasteiger partial charge is 0.478 e. The summed E-state index contributed by atoms with van der Waals surface area (Å²) in [6, 6.07) is 4.80. The number of sulfonamides is 1. The Balaban J connectivity index is 2.29. The maximum atomic E-state index is 12.3. The molecule has 1 aliphatic carbocycles. The second kappa shape index (κ2) is 5.83.